The van der Waals surface area contributed by atoms with Crippen LogP contribution in [0, 0.1) is 12.8 Å². The minimum Gasteiger partial charge on any atom is -0.497 e. The maximum absolute atomic E-state index is 13.0. The highest BCUT2D eigenvalue weighted by Crippen LogP contribution is 2.58. The molecule has 8 heteroatoms. The number of carbonyl (C=O) groups excluding carboxylic acids is 2. The highest BCUT2D eigenvalue weighted by Gasteiger charge is 2.67. The zero-order chi connectivity index (χ0) is 24.1. The van der Waals surface area contributed by atoms with E-state index in [4.69, 9.17) is 9.47 Å². The third-order valence-corrected chi connectivity index (χ3v) is 9.24. The third-order valence-electron chi connectivity index (χ3n) is 9.24. The van der Waals surface area contributed by atoms with Gasteiger partial charge in [-0.1, -0.05) is 6.07 Å². The minimum absolute atomic E-state index is 0.0905. The molecule has 5 rings (SSSR count). The number of aryl methyl sites for hydroxylation is 1. The van der Waals surface area contributed by atoms with Crippen LogP contribution in [0.1, 0.15) is 56.6 Å². The van der Waals surface area contributed by atoms with Crippen molar-refractivity contribution in [2.45, 2.75) is 75.0 Å². The van der Waals surface area contributed by atoms with E-state index in [0.717, 1.165) is 56.0 Å². The number of aliphatic hydroxyl groups is 1. The average Bonchev–Trinajstić information content (AvgIpc) is 3.10. The number of hydrogen-bond donors (Lipinski definition) is 3. The number of rotatable bonds is 4. The Morgan fingerprint density at radius 2 is 1.97 bits per heavy atom. The molecule has 34 heavy (non-hydrogen) atoms. The molecule has 3 aliphatic heterocycles. The van der Waals surface area contributed by atoms with E-state index in [2.05, 4.69) is 29.4 Å². The van der Waals surface area contributed by atoms with Gasteiger partial charge < -0.3 is 19.9 Å². The van der Waals surface area contributed by atoms with Crippen molar-refractivity contribution in [1.29, 1.82) is 0 Å². The average molecular weight is 472 g/mol. The van der Waals surface area contributed by atoms with Gasteiger partial charge in [0.15, 0.2) is 0 Å². The molecule has 186 valence electrons. The number of ether oxygens (including phenoxy) is 2. The van der Waals surface area contributed by atoms with Gasteiger partial charge in [-0.15, -0.1) is 0 Å². The Morgan fingerprint density at radius 1 is 1.21 bits per heavy atom. The van der Waals surface area contributed by atoms with E-state index in [1.165, 1.54) is 0 Å². The first-order valence-electron chi connectivity index (χ1n) is 12.6. The number of carbonyl (C=O) groups is 2. The number of nitrogens with zero attached hydrogens (tertiary/aromatic N) is 1. The molecule has 4 fully saturated rings. The van der Waals surface area contributed by atoms with Crippen molar-refractivity contribution in [3.05, 3.63) is 29.3 Å². The van der Waals surface area contributed by atoms with Crippen LogP contribution in [-0.4, -0.2) is 72.5 Å². The Labute approximate surface area is 201 Å². The molecule has 1 unspecified atom stereocenters. The summed E-state index contributed by atoms with van der Waals surface area (Å²) in [5, 5.41) is 18.0. The van der Waals surface area contributed by atoms with E-state index in [9.17, 15) is 14.7 Å². The molecule has 4 aliphatic rings. The number of methoxy groups -OCH3 is 1. The number of amides is 3. The predicted octanol–water partition coefficient (Wildman–Crippen LogP) is 2.26. The van der Waals surface area contributed by atoms with E-state index >= 15 is 0 Å². The molecule has 0 aromatic heterocycles. The van der Waals surface area contributed by atoms with Crippen molar-refractivity contribution >= 4 is 11.9 Å². The van der Waals surface area contributed by atoms with Crippen molar-refractivity contribution in [3.8, 4) is 5.75 Å². The summed E-state index contributed by atoms with van der Waals surface area (Å²) in [6, 6.07) is 5.44. The largest absolute Gasteiger partial charge is 0.497 e. The molecule has 1 saturated carbocycles. The molecule has 3 amide bonds. The predicted molar refractivity (Wildman–Crippen MR) is 127 cm³/mol. The van der Waals surface area contributed by atoms with Crippen LogP contribution in [0.3, 0.4) is 0 Å². The minimum atomic E-state index is -1.05. The van der Waals surface area contributed by atoms with Gasteiger partial charge >= 0.3 is 6.03 Å². The second kappa shape index (κ2) is 8.50. The standard InChI is InChI=1S/C26H37N3O5/c1-17-4-5-20(33-3)14-21(17)24-10-11-29(15-19-6-12-34-13-7-19)18(2)26(24,32)9-8-25(16-24)22(30)27-23(31)28-25/h4-5,14,18-19,32H,6-13,15-16H2,1-3H3,(H2,27,28,30,31)/t18-,24?,25+,26-/m1/s1. The maximum Gasteiger partial charge on any atom is 0.322 e. The molecule has 0 bridgehead atoms. The highest BCUT2D eigenvalue weighted by molar-refractivity contribution is 6.07. The molecular weight excluding hydrogens is 434 g/mol. The summed E-state index contributed by atoms with van der Waals surface area (Å²) in [4.78, 5) is 27.6. The first kappa shape index (κ1) is 23.6. The molecule has 1 aromatic carbocycles. The van der Waals surface area contributed by atoms with Crippen molar-refractivity contribution in [2.24, 2.45) is 5.92 Å². The fourth-order valence-electron chi connectivity index (χ4n) is 7.19. The normalized spacial score (nSPS) is 36.8. The maximum atomic E-state index is 13.0. The molecule has 1 aromatic rings. The van der Waals surface area contributed by atoms with E-state index in [1.54, 1.807) is 7.11 Å². The molecule has 8 nitrogen and oxygen atoms in total. The van der Waals surface area contributed by atoms with Crippen LogP contribution in [-0.2, 0) is 14.9 Å². The van der Waals surface area contributed by atoms with Gasteiger partial charge in [-0.05, 0) is 88.1 Å². The van der Waals surface area contributed by atoms with Gasteiger partial charge in [-0.2, -0.15) is 0 Å². The molecule has 0 radical (unpaired) electrons. The number of piperidine rings is 1. The Morgan fingerprint density at radius 3 is 2.65 bits per heavy atom. The van der Waals surface area contributed by atoms with Crippen LogP contribution in [0.2, 0.25) is 0 Å². The fourth-order valence-corrected chi connectivity index (χ4v) is 7.19. The van der Waals surface area contributed by atoms with Crippen molar-refractivity contribution in [3.63, 3.8) is 0 Å². The summed E-state index contributed by atoms with van der Waals surface area (Å²) in [5.41, 5.74) is -0.663. The lowest BCUT2D eigenvalue weighted by molar-refractivity contribution is -0.172. The summed E-state index contributed by atoms with van der Waals surface area (Å²) in [7, 11) is 1.64. The number of benzene rings is 1. The zero-order valence-electron chi connectivity index (χ0n) is 20.5. The Bertz CT molecular complexity index is 979. The summed E-state index contributed by atoms with van der Waals surface area (Å²) >= 11 is 0. The first-order chi connectivity index (χ1) is 16.2. The van der Waals surface area contributed by atoms with Gasteiger partial charge in [0.1, 0.15) is 11.3 Å². The van der Waals surface area contributed by atoms with E-state index < -0.39 is 22.6 Å². The summed E-state index contributed by atoms with van der Waals surface area (Å²) < 4.78 is 11.1. The van der Waals surface area contributed by atoms with Gasteiger partial charge in [0.05, 0.1) is 12.7 Å². The molecule has 4 atom stereocenters. The molecular formula is C26H37N3O5. The van der Waals surface area contributed by atoms with Gasteiger partial charge in [0.25, 0.3) is 5.91 Å². The van der Waals surface area contributed by atoms with Crippen LogP contribution in [0.4, 0.5) is 4.79 Å². The summed E-state index contributed by atoms with van der Waals surface area (Å²) in [6.07, 6.45) is 4.03. The number of likely N-dealkylation sites (tertiary alicyclic amines) is 1. The topological polar surface area (TPSA) is 100 Å². The molecule has 3 saturated heterocycles. The smallest absolute Gasteiger partial charge is 0.322 e. The van der Waals surface area contributed by atoms with Crippen LogP contribution in [0.15, 0.2) is 18.2 Å². The van der Waals surface area contributed by atoms with Crippen molar-refractivity contribution in [2.75, 3.05) is 33.4 Å². The van der Waals surface area contributed by atoms with Gasteiger partial charge in [-0.3, -0.25) is 15.0 Å². The quantitative estimate of drug-likeness (QED) is 0.583. The first-order valence-corrected chi connectivity index (χ1v) is 12.6. The number of hydrogen-bond acceptors (Lipinski definition) is 6. The van der Waals surface area contributed by atoms with Gasteiger partial charge in [-0.25, -0.2) is 4.79 Å². The second-order valence-electron chi connectivity index (χ2n) is 10.8. The van der Waals surface area contributed by atoms with Gasteiger partial charge in [0.2, 0.25) is 0 Å². The van der Waals surface area contributed by atoms with Crippen molar-refractivity contribution in [1.82, 2.24) is 15.5 Å². The van der Waals surface area contributed by atoms with E-state index in [-0.39, 0.29) is 11.9 Å². The number of imide groups is 1. The van der Waals surface area contributed by atoms with Gasteiger partial charge in [0, 0.05) is 31.2 Å². The molecule has 1 aliphatic carbocycles. The summed E-state index contributed by atoms with van der Waals surface area (Å²) in [5.74, 6) is 1.02. The molecule has 1 spiro atoms. The van der Waals surface area contributed by atoms with E-state index in [1.807, 2.05) is 18.2 Å². The zero-order valence-corrected chi connectivity index (χ0v) is 20.5. The Hall–Kier alpha value is -2.16. The van der Waals surface area contributed by atoms with Crippen LogP contribution in [0.25, 0.3) is 0 Å². The number of urea groups is 1. The van der Waals surface area contributed by atoms with Crippen LogP contribution >= 0.6 is 0 Å². The van der Waals surface area contributed by atoms with E-state index in [0.29, 0.717) is 31.6 Å². The second-order valence-corrected chi connectivity index (χ2v) is 10.8. The summed E-state index contributed by atoms with van der Waals surface area (Å²) in [6.45, 7) is 7.57. The molecule has 3 N–H and O–H groups in total. The fraction of sp³-hybridized carbons (Fsp3) is 0.692. The van der Waals surface area contributed by atoms with Crippen molar-refractivity contribution < 1.29 is 24.2 Å². The SMILES string of the molecule is COc1ccc(C)c(C23CCN(CC4CCOCC4)[C@H](C)[C@]2(O)CC[C@@]2(C3)NC(=O)NC2=O)c1. The van der Waals surface area contributed by atoms with Crippen LogP contribution in [0.5, 0.6) is 5.75 Å². The lowest BCUT2D eigenvalue weighted by atomic mass is 9.49. The third kappa shape index (κ3) is 3.53. The number of fused-ring (bicyclic) bond motifs is 1. The number of nitrogens with one attached hydrogen (secondary N) is 2. The Kier molecular flexibility index (Phi) is 5.89. The molecule has 3 heterocycles. The highest BCUT2D eigenvalue weighted by atomic mass is 16.5. The lowest BCUT2D eigenvalue weighted by Crippen LogP contribution is -2.73. The van der Waals surface area contributed by atoms with Crippen LogP contribution < -0.4 is 15.4 Å². The Balaban J connectivity index is 1.56. The lowest BCUT2D eigenvalue weighted by Gasteiger charge is -2.63. The monoisotopic (exact) mass is 471 g/mol.